The number of amides is 2. The van der Waals surface area contributed by atoms with Crippen molar-refractivity contribution in [3.63, 3.8) is 0 Å². The molecule has 0 saturated carbocycles. The molecule has 0 spiro atoms. The summed E-state index contributed by atoms with van der Waals surface area (Å²) in [6.07, 6.45) is 7.27. The number of rotatable bonds is 7. The van der Waals surface area contributed by atoms with Gasteiger partial charge in [0.25, 0.3) is 0 Å². The fourth-order valence-electron chi connectivity index (χ4n) is 2.76. The number of benzene rings is 1. The molecule has 6 nitrogen and oxygen atoms in total. The van der Waals surface area contributed by atoms with Crippen molar-refractivity contribution >= 4 is 12.3 Å². The van der Waals surface area contributed by atoms with Gasteiger partial charge in [-0.3, -0.25) is 9.59 Å². The first-order valence-corrected chi connectivity index (χ1v) is 9.10. The molecule has 1 aliphatic rings. The molecule has 0 bridgehead atoms. The molecule has 1 fully saturated rings. The van der Waals surface area contributed by atoms with Crippen LogP contribution >= 0.6 is 0 Å². The molecule has 1 unspecified atom stereocenters. The second-order valence-corrected chi connectivity index (χ2v) is 7.44. The highest BCUT2D eigenvalue weighted by molar-refractivity contribution is 5.77. The largest absolute Gasteiger partial charge is 0.396 e. The number of β-amino-alcohol motifs (C(OH)–C–C–N with tert-alkyl or cyclic N) is 1. The van der Waals surface area contributed by atoms with Crippen molar-refractivity contribution < 1.29 is 19.8 Å². The maximum atomic E-state index is 11.8. The number of likely N-dealkylation sites (tertiary alicyclic amines) is 1. The van der Waals surface area contributed by atoms with Crippen LogP contribution in [0.2, 0.25) is 0 Å². The first-order chi connectivity index (χ1) is 12.8. The van der Waals surface area contributed by atoms with Gasteiger partial charge < -0.3 is 20.4 Å². The molecule has 2 rings (SSSR count). The lowest BCUT2D eigenvalue weighted by molar-refractivity contribution is -0.132. The van der Waals surface area contributed by atoms with E-state index in [9.17, 15) is 14.7 Å². The Balaban J connectivity index is 0.000000277. The summed E-state index contributed by atoms with van der Waals surface area (Å²) in [5, 5.41) is 20.7. The van der Waals surface area contributed by atoms with Crippen molar-refractivity contribution in [2.24, 2.45) is 5.41 Å². The number of nitrogens with one attached hydrogen (secondary N) is 1. The first-order valence-electron chi connectivity index (χ1n) is 9.10. The number of hydrogen-bond acceptors (Lipinski definition) is 4. The van der Waals surface area contributed by atoms with E-state index in [2.05, 4.69) is 11.2 Å². The van der Waals surface area contributed by atoms with Gasteiger partial charge >= 0.3 is 0 Å². The number of terminal acetylenes is 1. The molecule has 1 atom stereocenters. The normalized spacial score (nSPS) is 16.1. The predicted molar refractivity (Wildman–Crippen MR) is 105 cm³/mol. The molecule has 0 radical (unpaired) electrons. The summed E-state index contributed by atoms with van der Waals surface area (Å²) in [4.78, 5) is 23.5. The summed E-state index contributed by atoms with van der Waals surface area (Å²) in [7, 11) is 0. The average Bonchev–Trinajstić information content (AvgIpc) is 3.07. The summed E-state index contributed by atoms with van der Waals surface area (Å²) >= 11 is 0. The predicted octanol–water partition coefficient (Wildman–Crippen LogP) is 1.29. The summed E-state index contributed by atoms with van der Waals surface area (Å²) in [6, 6.07) is 7.49. The Morgan fingerprint density at radius 1 is 1.41 bits per heavy atom. The van der Waals surface area contributed by atoms with E-state index in [-0.39, 0.29) is 24.0 Å². The Bertz CT molecular complexity index is 635. The molecule has 27 heavy (non-hydrogen) atoms. The van der Waals surface area contributed by atoms with Crippen molar-refractivity contribution in [2.45, 2.75) is 45.8 Å². The standard InChI is InChI=1S/C11H21NO3.C10H9NO/c1-11(2,4-6-13)7-10(15)12-5-3-9(14)8-12;1-2-9-3-5-10(6-4-9)7-11-8-12/h9,13-14H,3-8H2,1-2H3;1,3-6,8H,7H2,(H,11,12). The highest BCUT2D eigenvalue weighted by atomic mass is 16.3. The molecule has 148 valence electrons. The maximum Gasteiger partial charge on any atom is 0.223 e. The third-order valence-corrected chi connectivity index (χ3v) is 4.44. The van der Waals surface area contributed by atoms with Gasteiger partial charge in [0.2, 0.25) is 12.3 Å². The van der Waals surface area contributed by atoms with Crippen LogP contribution in [0.4, 0.5) is 0 Å². The van der Waals surface area contributed by atoms with Crippen LogP contribution in [-0.4, -0.2) is 53.2 Å². The van der Waals surface area contributed by atoms with Crippen molar-refractivity contribution in [1.82, 2.24) is 10.2 Å². The second-order valence-electron chi connectivity index (χ2n) is 7.44. The highest BCUT2D eigenvalue weighted by Gasteiger charge is 2.29. The zero-order valence-electron chi connectivity index (χ0n) is 16.1. The van der Waals surface area contributed by atoms with Crippen molar-refractivity contribution in [3.8, 4) is 12.3 Å². The van der Waals surface area contributed by atoms with Gasteiger partial charge in [-0.2, -0.15) is 0 Å². The van der Waals surface area contributed by atoms with Gasteiger partial charge in [-0.15, -0.1) is 6.42 Å². The highest BCUT2D eigenvalue weighted by Crippen LogP contribution is 2.26. The Hall–Kier alpha value is -2.36. The van der Waals surface area contributed by atoms with Gasteiger partial charge in [-0.25, -0.2) is 0 Å². The molecule has 2 amide bonds. The van der Waals surface area contributed by atoms with Gasteiger partial charge in [-0.1, -0.05) is 31.9 Å². The lowest BCUT2D eigenvalue weighted by Gasteiger charge is -2.26. The average molecular weight is 374 g/mol. The van der Waals surface area contributed by atoms with Crippen molar-refractivity contribution in [3.05, 3.63) is 35.4 Å². The molecule has 1 aromatic rings. The topological polar surface area (TPSA) is 89.9 Å². The van der Waals surface area contributed by atoms with E-state index in [4.69, 9.17) is 11.5 Å². The zero-order valence-corrected chi connectivity index (χ0v) is 16.1. The van der Waals surface area contributed by atoms with Gasteiger partial charge in [0.1, 0.15) is 0 Å². The first kappa shape index (κ1) is 22.7. The van der Waals surface area contributed by atoms with Crippen LogP contribution in [0.25, 0.3) is 0 Å². The van der Waals surface area contributed by atoms with E-state index in [1.807, 2.05) is 38.1 Å². The van der Waals surface area contributed by atoms with Crippen molar-refractivity contribution in [2.75, 3.05) is 19.7 Å². The Kier molecular flexibility index (Phi) is 9.55. The summed E-state index contributed by atoms with van der Waals surface area (Å²) in [5.74, 6) is 2.61. The molecule has 0 aliphatic carbocycles. The van der Waals surface area contributed by atoms with E-state index < -0.39 is 0 Å². The monoisotopic (exact) mass is 374 g/mol. The molecule has 3 N–H and O–H groups in total. The number of aliphatic hydroxyl groups excluding tert-OH is 2. The van der Waals surface area contributed by atoms with Crippen LogP contribution in [-0.2, 0) is 16.1 Å². The van der Waals surface area contributed by atoms with E-state index in [1.54, 1.807) is 4.90 Å². The van der Waals surface area contributed by atoms with E-state index in [0.717, 1.165) is 11.1 Å². The van der Waals surface area contributed by atoms with Crippen LogP contribution in [0.5, 0.6) is 0 Å². The van der Waals surface area contributed by atoms with Crippen LogP contribution in [0.1, 0.15) is 44.2 Å². The molecule has 1 saturated heterocycles. The van der Waals surface area contributed by atoms with Gasteiger partial charge in [0.15, 0.2) is 0 Å². The van der Waals surface area contributed by atoms with Gasteiger partial charge in [0, 0.05) is 38.2 Å². The third-order valence-electron chi connectivity index (χ3n) is 4.44. The van der Waals surface area contributed by atoms with Crippen molar-refractivity contribution in [1.29, 1.82) is 0 Å². The quantitative estimate of drug-likeness (QED) is 0.496. The number of aliphatic hydroxyl groups is 2. The number of carbonyl (C=O) groups excluding carboxylic acids is 2. The Morgan fingerprint density at radius 3 is 2.56 bits per heavy atom. The molecule has 1 aromatic carbocycles. The molecule has 6 heteroatoms. The molecule has 0 aromatic heterocycles. The zero-order chi connectivity index (χ0) is 20.3. The smallest absolute Gasteiger partial charge is 0.223 e. The molecular formula is C21H30N2O4. The van der Waals surface area contributed by atoms with Crippen LogP contribution < -0.4 is 5.32 Å². The lowest BCUT2D eigenvalue weighted by atomic mass is 9.85. The lowest BCUT2D eigenvalue weighted by Crippen LogP contribution is -2.33. The van der Waals surface area contributed by atoms with E-state index in [1.165, 1.54) is 0 Å². The van der Waals surface area contributed by atoms with Gasteiger partial charge in [0.05, 0.1) is 6.10 Å². The second kappa shape index (κ2) is 11.4. The van der Waals surface area contributed by atoms with E-state index >= 15 is 0 Å². The molecule has 1 aliphatic heterocycles. The van der Waals surface area contributed by atoms with Crippen LogP contribution in [0.15, 0.2) is 24.3 Å². The fourth-order valence-corrected chi connectivity index (χ4v) is 2.76. The van der Waals surface area contributed by atoms with E-state index in [0.29, 0.717) is 45.3 Å². The van der Waals surface area contributed by atoms with Crippen LogP contribution in [0.3, 0.4) is 0 Å². The minimum atomic E-state index is -0.352. The van der Waals surface area contributed by atoms with Crippen LogP contribution in [0, 0.1) is 17.8 Å². The fraction of sp³-hybridized carbons (Fsp3) is 0.524. The summed E-state index contributed by atoms with van der Waals surface area (Å²) in [6.45, 7) is 5.75. The molecular weight excluding hydrogens is 344 g/mol. The summed E-state index contributed by atoms with van der Waals surface area (Å²) in [5.41, 5.74) is 1.74. The number of nitrogens with zero attached hydrogens (tertiary/aromatic N) is 1. The molecule has 1 heterocycles. The number of carbonyl (C=O) groups is 2. The Morgan fingerprint density at radius 2 is 2.07 bits per heavy atom. The summed E-state index contributed by atoms with van der Waals surface area (Å²) < 4.78 is 0. The minimum Gasteiger partial charge on any atom is -0.396 e. The Labute approximate surface area is 161 Å². The third kappa shape index (κ3) is 8.72. The SMILES string of the molecule is C#Cc1ccc(CNC=O)cc1.CC(C)(CCO)CC(=O)N1CCC(O)C1. The maximum absolute atomic E-state index is 11.8. The minimum absolute atomic E-state index is 0.0880. The van der Waals surface area contributed by atoms with Gasteiger partial charge in [-0.05, 0) is 36.0 Å². The number of hydrogen-bond donors (Lipinski definition) is 3.